The Bertz CT molecular complexity index is 296. The molecule has 0 unspecified atom stereocenters. The summed E-state index contributed by atoms with van der Waals surface area (Å²) in [5.74, 6) is 0.282. The quantitative estimate of drug-likeness (QED) is 0.709. The van der Waals surface area contributed by atoms with Gasteiger partial charge in [0.25, 0.3) is 5.91 Å². The number of oxazole rings is 1. The zero-order valence-electron chi connectivity index (χ0n) is 8.37. The van der Waals surface area contributed by atoms with Gasteiger partial charge < -0.3 is 14.5 Å². The van der Waals surface area contributed by atoms with Gasteiger partial charge in [0.1, 0.15) is 6.26 Å². The maximum atomic E-state index is 11.3. The molecular formula is C9H14N2O3. The molecular weight excluding hydrogens is 184 g/mol. The Morgan fingerprint density at radius 1 is 1.71 bits per heavy atom. The molecule has 0 atom stereocenters. The molecule has 14 heavy (non-hydrogen) atoms. The minimum Gasteiger partial charge on any atom is -0.448 e. The summed E-state index contributed by atoms with van der Waals surface area (Å²) in [6, 6.07) is 0. The molecule has 0 fully saturated rings. The van der Waals surface area contributed by atoms with Gasteiger partial charge in [-0.05, 0) is 6.42 Å². The van der Waals surface area contributed by atoms with E-state index in [0.29, 0.717) is 24.7 Å². The van der Waals surface area contributed by atoms with Gasteiger partial charge >= 0.3 is 0 Å². The summed E-state index contributed by atoms with van der Waals surface area (Å²) in [4.78, 5) is 15.2. The monoisotopic (exact) mass is 198 g/mol. The fourth-order valence-electron chi connectivity index (χ4n) is 0.977. The van der Waals surface area contributed by atoms with Gasteiger partial charge in [-0.3, -0.25) is 4.79 Å². The van der Waals surface area contributed by atoms with E-state index in [9.17, 15) is 4.79 Å². The first-order chi connectivity index (χ1) is 6.74. The Balaban J connectivity index is 2.29. The van der Waals surface area contributed by atoms with Crippen LogP contribution in [0.3, 0.4) is 0 Å². The van der Waals surface area contributed by atoms with Crippen LogP contribution in [0, 0.1) is 6.92 Å². The Hall–Kier alpha value is -1.36. The molecule has 0 aliphatic carbocycles. The minimum absolute atomic E-state index is 0.210. The number of nitrogens with one attached hydrogen (secondary N) is 1. The first-order valence-corrected chi connectivity index (χ1v) is 4.43. The van der Waals surface area contributed by atoms with Crippen LogP contribution in [-0.4, -0.2) is 31.2 Å². The summed E-state index contributed by atoms with van der Waals surface area (Å²) in [7, 11) is 1.63. The molecule has 0 aromatic carbocycles. The Morgan fingerprint density at radius 3 is 3.07 bits per heavy atom. The highest BCUT2D eigenvalue weighted by atomic mass is 16.5. The Labute approximate surface area is 82.5 Å². The van der Waals surface area contributed by atoms with Crippen molar-refractivity contribution in [2.24, 2.45) is 0 Å². The van der Waals surface area contributed by atoms with Crippen LogP contribution in [-0.2, 0) is 4.74 Å². The van der Waals surface area contributed by atoms with Gasteiger partial charge in [0, 0.05) is 27.2 Å². The number of amides is 1. The maximum absolute atomic E-state index is 11.3. The first kappa shape index (κ1) is 10.7. The van der Waals surface area contributed by atoms with Crippen molar-refractivity contribution >= 4 is 5.91 Å². The second-order valence-corrected chi connectivity index (χ2v) is 2.85. The smallest absolute Gasteiger partial charge is 0.273 e. The summed E-state index contributed by atoms with van der Waals surface area (Å²) in [6.45, 7) is 2.92. The molecule has 5 nitrogen and oxygen atoms in total. The Kier molecular flexibility index (Phi) is 4.12. The van der Waals surface area contributed by atoms with Crippen LogP contribution in [0.15, 0.2) is 10.7 Å². The number of methoxy groups -OCH3 is 1. The van der Waals surface area contributed by atoms with E-state index < -0.39 is 0 Å². The third-order valence-electron chi connectivity index (χ3n) is 1.66. The van der Waals surface area contributed by atoms with Crippen molar-refractivity contribution in [3.05, 3.63) is 17.8 Å². The van der Waals surface area contributed by atoms with Gasteiger partial charge in [0.15, 0.2) is 11.6 Å². The molecule has 1 aromatic heterocycles. The summed E-state index contributed by atoms with van der Waals surface area (Å²) < 4.78 is 9.76. The van der Waals surface area contributed by atoms with Crippen molar-refractivity contribution in [3.8, 4) is 0 Å². The summed E-state index contributed by atoms with van der Waals surface area (Å²) in [5, 5.41) is 2.71. The number of ether oxygens (including phenoxy) is 1. The fourth-order valence-corrected chi connectivity index (χ4v) is 0.977. The lowest BCUT2D eigenvalue weighted by atomic mass is 10.4. The van der Waals surface area contributed by atoms with Crippen molar-refractivity contribution in [1.82, 2.24) is 10.3 Å². The van der Waals surface area contributed by atoms with Crippen LogP contribution >= 0.6 is 0 Å². The van der Waals surface area contributed by atoms with Crippen LogP contribution in [0.25, 0.3) is 0 Å². The molecule has 0 radical (unpaired) electrons. The van der Waals surface area contributed by atoms with Crippen LogP contribution in [0.4, 0.5) is 0 Å². The molecule has 1 N–H and O–H groups in total. The predicted octanol–water partition coefficient (Wildman–Crippen LogP) is 0.749. The number of aromatic nitrogens is 1. The van der Waals surface area contributed by atoms with Crippen LogP contribution < -0.4 is 5.32 Å². The largest absolute Gasteiger partial charge is 0.448 e. The molecule has 1 rings (SSSR count). The SMILES string of the molecule is COCCCNC(=O)c1coc(C)n1. The molecule has 1 amide bonds. The first-order valence-electron chi connectivity index (χ1n) is 4.43. The number of rotatable bonds is 5. The maximum Gasteiger partial charge on any atom is 0.273 e. The lowest BCUT2D eigenvalue weighted by Crippen LogP contribution is -2.25. The molecule has 0 saturated heterocycles. The highest BCUT2D eigenvalue weighted by Crippen LogP contribution is 1.99. The molecule has 5 heteroatoms. The third-order valence-corrected chi connectivity index (χ3v) is 1.66. The van der Waals surface area contributed by atoms with Gasteiger partial charge in [0.2, 0.25) is 0 Å². The average Bonchev–Trinajstić information content (AvgIpc) is 2.59. The Morgan fingerprint density at radius 2 is 2.50 bits per heavy atom. The van der Waals surface area contributed by atoms with E-state index in [-0.39, 0.29) is 5.91 Å². The van der Waals surface area contributed by atoms with E-state index in [1.165, 1.54) is 6.26 Å². The van der Waals surface area contributed by atoms with Crippen molar-refractivity contribution < 1.29 is 13.9 Å². The molecule has 1 heterocycles. The highest BCUT2D eigenvalue weighted by Gasteiger charge is 2.08. The molecule has 0 aliphatic heterocycles. The molecule has 78 valence electrons. The zero-order chi connectivity index (χ0) is 10.4. The van der Waals surface area contributed by atoms with E-state index in [0.717, 1.165) is 6.42 Å². The van der Waals surface area contributed by atoms with Crippen LogP contribution in [0.1, 0.15) is 22.8 Å². The molecule has 0 bridgehead atoms. The van der Waals surface area contributed by atoms with Gasteiger partial charge in [-0.2, -0.15) is 0 Å². The minimum atomic E-state index is -0.210. The third kappa shape index (κ3) is 3.18. The standard InChI is InChI=1S/C9H14N2O3/c1-7-11-8(6-14-7)9(12)10-4-3-5-13-2/h6H,3-5H2,1-2H3,(H,10,12). The second-order valence-electron chi connectivity index (χ2n) is 2.85. The summed E-state index contributed by atoms with van der Waals surface area (Å²) >= 11 is 0. The van der Waals surface area contributed by atoms with Crippen LogP contribution in [0.5, 0.6) is 0 Å². The van der Waals surface area contributed by atoms with Gasteiger partial charge in [-0.1, -0.05) is 0 Å². The van der Waals surface area contributed by atoms with Crippen molar-refractivity contribution in [2.45, 2.75) is 13.3 Å². The van der Waals surface area contributed by atoms with Crippen molar-refractivity contribution in [3.63, 3.8) is 0 Å². The van der Waals surface area contributed by atoms with E-state index in [1.54, 1.807) is 14.0 Å². The van der Waals surface area contributed by atoms with Crippen LogP contribution in [0.2, 0.25) is 0 Å². The fraction of sp³-hybridized carbons (Fsp3) is 0.556. The zero-order valence-corrected chi connectivity index (χ0v) is 8.37. The number of nitrogens with zero attached hydrogens (tertiary/aromatic N) is 1. The van der Waals surface area contributed by atoms with E-state index in [4.69, 9.17) is 9.15 Å². The van der Waals surface area contributed by atoms with Gasteiger partial charge in [0.05, 0.1) is 0 Å². The second kappa shape index (κ2) is 5.39. The van der Waals surface area contributed by atoms with Crippen molar-refractivity contribution in [1.29, 1.82) is 0 Å². The molecule has 0 aliphatic rings. The number of hydrogen-bond acceptors (Lipinski definition) is 4. The number of hydrogen-bond donors (Lipinski definition) is 1. The number of aryl methyl sites for hydroxylation is 1. The number of carbonyl (C=O) groups excluding carboxylic acids is 1. The van der Waals surface area contributed by atoms with E-state index in [1.807, 2.05) is 0 Å². The molecule has 1 aromatic rings. The average molecular weight is 198 g/mol. The van der Waals surface area contributed by atoms with Crippen molar-refractivity contribution in [2.75, 3.05) is 20.3 Å². The van der Waals surface area contributed by atoms with Gasteiger partial charge in [-0.15, -0.1) is 0 Å². The highest BCUT2D eigenvalue weighted by molar-refractivity contribution is 5.91. The summed E-state index contributed by atoms with van der Waals surface area (Å²) in [6.07, 6.45) is 2.14. The lowest BCUT2D eigenvalue weighted by molar-refractivity contribution is 0.0943. The lowest BCUT2D eigenvalue weighted by Gasteiger charge is -2.01. The van der Waals surface area contributed by atoms with E-state index >= 15 is 0 Å². The molecule has 0 spiro atoms. The normalized spacial score (nSPS) is 10.1. The van der Waals surface area contributed by atoms with Gasteiger partial charge in [-0.25, -0.2) is 4.98 Å². The predicted molar refractivity (Wildman–Crippen MR) is 50.1 cm³/mol. The number of carbonyl (C=O) groups is 1. The molecule has 0 saturated carbocycles. The topological polar surface area (TPSA) is 64.4 Å². The summed E-state index contributed by atoms with van der Waals surface area (Å²) in [5.41, 5.74) is 0.319. The van der Waals surface area contributed by atoms with E-state index in [2.05, 4.69) is 10.3 Å².